The molecule has 3 atom stereocenters. The van der Waals surface area contributed by atoms with E-state index in [0.29, 0.717) is 6.04 Å². The smallest absolute Gasteiger partial charge is 0.0372 e. The Balaban J connectivity index is 1.63. The van der Waals surface area contributed by atoms with E-state index < -0.39 is 0 Å². The van der Waals surface area contributed by atoms with Crippen molar-refractivity contribution in [2.24, 2.45) is 11.8 Å². The van der Waals surface area contributed by atoms with E-state index in [0.717, 1.165) is 11.8 Å². The highest BCUT2D eigenvalue weighted by atomic mass is 14.9. The third kappa shape index (κ3) is 2.55. The summed E-state index contributed by atoms with van der Waals surface area (Å²) >= 11 is 0. The van der Waals surface area contributed by atoms with Crippen LogP contribution in [0.3, 0.4) is 0 Å². The van der Waals surface area contributed by atoms with Crippen molar-refractivity contribution in [2.45, 2.75) is 57.9 Å². The van der Waals surface area contributed by atoms with E-state index in [9.17, 15) is 0 Å². The van der Waals surface area contributed by atoms with Gasteiger partial charge < -0.3 is 5.32 Å². The summed E-state index contributed by atoms with van der Waals surface area (Å²) in [5, 5.41) is 3.78. The minimum absolute atomic E-state index is 0.713. The molecule has 3 rings (SSSR count). The zero-order chi connectivity index (χ0) is 12.4. The van der Waals surface area contributed by atoms with Crippen LogP contribution in [0.1, 0.15) is 50.5 Å². The van der Waals surface area contributed by atoms with Crippen molar-refractivity contribution in [3.05, 3.63) is 29.8 Å². The summed E-state index contributed by atoms with van der Waals surface area (Å²) in [6.07, 6.45) is 10.2. The minimum Gasteiger partial charge on any atom is -0.382 e. The Kier molecular flexibility index (Phi) is 3.58. The molecule has 1 aromatic rings. The van der Waals surface area contributed by atoms with Gasteiger partial charge in [-0.15, -0.1) is 0 Å². The van der Waals surface area contributed by atoms with Crippen molar-refractivity contribution in [3.63, 3.8) is 0 Å². The largest absolute Gasteiger partial charge is 0.382 e. The van der Waals surface area contributed by atoms with Gasteiger partial charge >= 0.3 is 0 Å². The fraction of sp³-hybridized carbons (Fsp3) is 0.647. The van der Waals surface area contributed by atoms with Gasteiger partial charge in [0.15, 0.2) is 0 Å². The van der Waals surface area contributed by atoms with Crippen LogP contribution in [-0.4, -0.2) is 6.04 Å². The van der Waals surface area contributed by atoms with Gasteiger partial charge in [0.2, 0.25) is 0 Å². The van der Waals surface area contributed by atoms with Crippen molar-refractivity contribution in [2.75, 3.05) is 5.32 Å². The first-order chi connectivity index (χ1) is 8.83. The fourth-order valence-electron chi connectivity index (χ4n) is 3.96. The summed E-state index contributed by atoms with van der Waals surface area (Å²) in [6, 6.07) is 9.40. The van der Waals surface area contributed by atoms with Crippen LogP contribution in [0.2, 0.25) is 0 Å². The van der Waals surface area contributed by atoms with Gasteiger partial charge in [0, 0.05) is 11.7 Å². The second-order valence-electron chi connectivity index (χ2n) is 6.27. The molecule has 0 aromatic heterocycles. The Morgan fingerprint density at radius 1 is 0.944 bits per heavy atom. The first-order valence-electron chi connectivity index (χ1n) is 7.65. The Morgan fingerprint density at radius 2 is 1.72 bits per heavy atom. The van der Waals surface area contributed by atoms with Crippen LogP contribution in [0.5, 0.6) is 0 Å². The summed E-state index contributed by atoms with van der Waals surface area (Å²) in [7, 11) is 0. The predicted octanol–water partition coefficient (Wildman–Crippen LogP) is 4.77. The highest BCUT2D eigenvalue weighted by molar-refractivity contribution is 5.50. The molecule has 3 unspecified atom stereocenters. The number of hydrogen-bond donors (Lipinski definition) is 1. The van der Waals surface area contributed by atoms with E-state index in [1.807, 2.05) is 0 Å². The molecule has 1 heteroatoms. The molecule has 98 valence electrons. The number of benzene rings is 1. The molecule has 0 spiro atoms. The molecule has 2 aliphatic rings. The van der Waals surface area contributed by atoms with E-state index in [1.165, 1.54) is 56.2 Å². The van der Waals surface area contributed by atoms with E-state index in [-0.39, 0.29) is 0 Å². The number of rotatable bonds is 2. The van der Waals surface area contributed by atoms with Crippen LogP contribution in [0.4, 0.5) is 5.69 Å². The Hall–Kier alpha value is -0.980. The average molecular weight is 243 g/mol. The molecule has 1 aromatic carbocycles. The molecule has 18 heavy (non-hydrogen) atoms. The molecular formula is C17H25N. The van der Waals surface area contributed by atoms with Crippen molar-refractivity contribution in [1.29, 1.82) is 0 Å². The summed E-state index contributed by atoms with van der Waals surface area (Å²) in [6.45, 7) is 2.20. The number of hydrogen-bond acceptors (Lipinski definition) is 1. The number of fused-ring (bicyclic) bond motifs is 1. The van der Waals surface area contributed by atoms with Gasteiger partial charge in [0.05, 0.1) is 0 Å². The van der Waals surface area contributed by atoms with Gasteiger partial charge in [-0.25, -0.2) is 0 Å². The molecule has 0 radical (unpaired) electrons. The summed E-state index contributed by atoms with van der Waals surface area (Å²) in [5.74, 6) is 2.06. The lowest BCUT2D eigenvalue weighted by atomic mass is 9.69. The SMILES string of the molecule is Cc1ccccc1NC1CCC2CCCCC2C1. The summed E-state index contributed by atoms with van der Waals surface area (Å²) in [5.41, 5.74) is 2.72. The predicted molar refractivity (Wildman–Crippen MR) is 77.9 cm³/mol. The van der Waals surface area contributed by atoms with Gasteiger partial charge in [-0.1, -0.05) is 43.9 Å². The van der Waals surface area contributed by atoms with E-state index >= 15 is 0 Å². The van der Waals surface area contributed by atoms with Crippen molar-refractivity contribution < 1.29 is 0 Å². The van der Waals surface area contributed by atoms with Gasteiger partial charge in [0.1, 0.15) is 0 Å². The Bertz CT molecular complexity index is 398. The summed E-state index contributed by atoms with van der Waals surface area (Å²) < 4.78 is 0. The van der Waals surface area contributed by atoms with Crippen LogP contribution >= 0.6 is 0 Å². The maximum Gasteiger partial charge on any atom is 0.0372 e. The highest BCUT2D eigenvalue weighted by Crippen LogP contribution is 2.41. The molecule has 1 nitrogen and oxygen atoms in total. The normalized spacial score (nSPS) is 31.7. The van der Waals surface area contributed by atoms with Crippen molar-refractivity contribution in [1.82, 2.24) is 0 Å². The van der Waals surface area contributed by atoms with Gasteiger partial charge in [-0.2, -0.15) is 0 Å². The molecular weight excluding hydrogens is 218 g/mol. The second kappa shape index (κ2) is 5.34. The van der Waals surface area contributed by atoms with Crippen molar-refractivity contribution >= 4 is 5.69 Å². The second-order valence-corrected chi connectivity index (χ2v) is 6.27. The first kappa shape index (κ1) is 12.1. The lowest BCUT2D eigenvalue weighted by molar-refractivity contribution is 0.162. The molecule has 0 bridgehead atoms. The molecule has 0 heterocycles. The standard InChI is InChI=1S/C17H25N/c1-13-6-2-5-9-17(13)18-16-11-10-14-7-3-4-8-15(14)12-16/h2,5-6,9,14-16,18H,3-4,7-8,10-12H2,1H3. The van der Waals surface area contributed by atoms with Gasteiger partial charge in [-0.3, -0.25) is 0 Å². The first-order valence-corrected chi connectivity index (χ1v) is 7.65. The zero-order valence-corrected chi connectivity index (χ0v) is 11.5. The average Bonchev–Trinajstić information content (AvgIpc) is 2.41. The number of aryl methyl sites for hydroxylation is 1. The van der Waals surface area contributed by atoms with E-state index in [4.69, 9.17) is 0 Å². The van der Waals surface area contributed by atoms with E-state index in [1.54, 1.807) is 0 Å². The Morgan fingerprint density at radius 3 is 2.56 bits per heavy atom. The molecule has 0 aliphatic heterocycles. The quantitative estimate of drug-likeness (QED) is 0.789. The number of anilines is 1. The van der Waals surface area contributed by atoms with Crippen LogP contribution in [0.15, 0.2) is 24.3 Å². The van der Waals surface area contributed by atoms with Crippen molar-refractivity contribution in [3.8, 4) is 0 Å². The van der Waals surface area contributed by atoms with Gasteiger partial charge in [0.25, 0.3) is 0 Å². The Labute approximate surface area is 111 Å². The van der Waals surface area contributed by atoms with Crippen LogP contribution in [0.25, 0.3) is 0 Å². The molecule has 0 saturated heterocycles. The lowest BCUT2D eigenvalue weighted by Crippen LogP contribution is -2.34. The summed E-state index contributed by atoms with van der Waals surface area (Å²) in [4.78, 5) is 0. The maximum atomic E-state index is 3.78. The third-order valence-electron chi connectivity index (χ3n) is 5.04. The number of nitrogens with one attached hydrogen (secondary N) is 1. The minimum atomic E-state index is 0.713. The lowest BCUT2D eigenvalue weighted by Gasteiger charge is -2.40. The van der Waals surface area contributed by atoms with E-state index in [2.05, 4.69) is 36.5 Å². The fourth-order valence-corrected chi connectivity index (χ4v) is 3.96. The third-order valence-corrected chi connectivity index (χ3v) is 5.04. The van der Waals surface area contributed by atoms with Crippen LogP contribution in [0, 0.1) is 18.8 Å². The topological polar surface area (TPSA) is 12.0 Å². The van der Waals surface area contributed by atoms with Crippen LogP contribution < -0.4 is 5.32 Å². The van der Waals surface area contributed by atoms with Gasteiger partial charge in [-0.05, 0) is 49.7 Å². The monoisotopic (exact) mass is 243 g/mol. The molecule has 2 aliphatic carbocycles. The molecule has 2 fully saturated rings. The zero-order valence-electron chi connectivity index (χ0n) is 11.5. The maximum absolute atomic E-state index is 3.78. The highest BCUT2D eigenvalue weighted by Gasteiger charge is 2.32. The molecule has 2 saturated carbocycles. The molecule has 0 amide bonds. The van der Waals surface area contributed by atoms with Crippen LogP contribution in [-0.2, 0) is 0 Å². The molecule has 1 N–H and O–H groups in total. The number of para-hydroxylation sites is 1.